The van der Waals surface area contributed by atoms with Gasteiger partial charge in [-0.15, -0.1) is 0 Å². The van der Waals surface area contributed by atoms with Crippen molar-refractivity contribution in [3.05, 3.63) is 0 Å². The van der Waals surface area contributed by atoms with Crippen molar-refractivity contribution < 1.29 is 4.79 Å². The molecular formula is C13H26N2O. The van der Waals surface area contributed by atoms with Crippen LogP contribution >= 0.6 is 0 Å². The third kappa shape index (κ3) is 2.97. The van der Waals surface area contributed by atoms with Gasteiger partial charge in [-0.2, -0.15) is 0 Å². The Bertz CT molecular complexity index is 240. The highest BCUT2D eigenvalue weighted by molar-refractivity contribution is 5.80. The van der Waals surface area contributed by atoms with E-state index in [1.165, 1.54) is 6.42 Å². The van der Waals surface area contributed by atoms with E-state index in [9.17, 15) is 4.79 Å². The van der Waals surface area contributed by atoms with Gasteiger partial charge in [-0.25, -0.2) is 0 Å². The fourth-order valence-electron chi connectivity index (χ4n) is 2.68. The van der Waals surface area contributed by atoms with E-state index in [2.05, 4.69) is 20.8 Å². The van der Waals surface area contributed by atoms with Gasteiger partial charge in [0.2, 0.25) is 5.91 Å². The monoisotopic (exact) mass is 226 g/mol. The zero-order chi connectivity index (χ0) is 12.3. The number of hydrogen-bond acceptors (Lipinski definition) is 2. The first-order valence-electron chi connectivity index (χ1n) is 6.53. The molecule has 0 aromatic heterocycles. The van der Waals surface area contributed by atoms with Crippen LogP contribution in [0.4, 0.5) is 0 Å². The van der Waals surface area contributed by atoms with Crippen molar-refractivity contribution >= 4 is 5.91 Å². The summed E-state index contributed by atoms with van der Waals surface area (Å²) in [6.07, 6.45) is 3.12. The highest BCUT2D eigenvalue weighted by atomic mass is 16.2. The Morgan fingerprint density at radius 1 is 1.44 bits per heavy atom. The smallest absolute Gasteiger partial charge is 0.227 e. The summed E-state index contributed by atoms with van der Waals surface area (Å²) in [5.74, 6) is 0.947. The Hall–Kier alpha value is -0.570. The normalized spacial score (nSPS) is 30.5. The number of nitrogens with two attached hydrogens (primary N) is 1. The third-order valence-corrected chi connectivity index (χ3v) is 3.73. The lowest BCUT2D eigenvalue weighted by Gasteiger charge is -2.36. The first-order valence-corrected chi connectivity index (χ1v) is 6.53. The Balaban J connectivity index is 2.70. The molecule has 3 atom stereocenters. The minimum absolute atomic E-state index is 0.0473. The van der Waals surface area contributed by atoms with Gasteiger partial charge < -0.3 is 10.6 Å². The SMILES string of the molecule is CCN(C(=O)C1CC(C)CCC1N)C(C)C. The standard InChI is InChI=1S/C13H26N2O/c1-5-15(9(2)3)13(16)11-8-10(4)6-7-12(11)14/h9-12H,5-8,14H2,1-4H3. The van der Waals surface area contributed by atoms with Crippen molar-refractivity contribution in [2.75, 3.05) is 6.54 Å². The summed E-state index contributed by atoms with van der Waals surface area (Å²) in [5.41, 5.74) is 6.09. The highest BCUT2D eigenvalue weighted by Crippen LogP contribution is 2.29. The maximum absolute atomic E-state index is 12.4. The average Bonchev–Trinajstić information content (AvgIpc) is 2.22. The van der Waals surface area contributed by atoms with Gasteiger partial charge in [0.05, 0.1) is 5.92 Å². The lowest BCUT2D eigenvalue weighted by Crippen LogP contribution is -2.49. The molecule has 0 aliphatic heterocycles. The second-order valence-electron chi connectivity index (χ2n) is 5.41. The fourth-order valence-corrected chi connectivity index (χ4v) is 2.68. The van der Waals surface area contributed by atoms with Crippen LogP contribution in [-0.4, -0.2) is 29.4 Å². The van der Waals surface area contributed by atoms with Crippen LogP contribution in [0.1, 0.15) is 47.0 Å². The van der Waals surface area contributed by atoms with E-state index in [0.717, 1.165) is 19.4 Å². The zero-order valence-corrected chi connectivity index (χ0v) is 11.1. The summed E-state index contributed by atoms with van der Waals surface area (Å²) in [6.45, 7) is 9.18. The van der Waals surface area contributed by atoms with Crippen LogP contribution < -0.4 is 5.73 Å². The molecule has 0 radical (unpaired) electrons. The van der Waals surface area contributed by atoms with E-state index in [4.69, 9.17) is 5.73 Å². The molecule has 2 N–H and O–H groups in total. The van der Waals surface area contributed by atoms with Crippen molar-refractivity contribution in [3.8, 4) is 0 Å². The molecule has 3 nitrogen and oxygen atoms in total. The van der Waals surface area contributed by atoms with Gasteiger partial charge >= 0.3 is 0 Å². The molecule has 1 aliphatic carbocycles. The lowest BCUT2D eigenvalue weighted by molar-refractivity contribution is -0.139. The molecule has 16 heavy (non-hydrogen) atoms. The molecule has 1 aliphatic rings. The predicted molar refractivity (Wildman–Crippen MR) is 67.0 cm³/mol. The summed E-state index contributed by atoms with van der Waals surface area (Å²) in [6, 6.07) is 0.346. The van der Waals surface area contributed by atoms with Crippen LogP contribution in [0.2, 0.25) is 0 Å². The van der Waals surface area contributed by atoms with Crippen molar-refractivity contribution in [3.63, 3.8) is 0 Å². The molecule has 0 aromatic rings. The number of hydrogen-bond donors (Lipinski definition) is 1. The van der Waals surface area contributed by atoms with Crippen molar-refractivity contribution in [1.29, 1.82) is 0 Å². The molecule has 1 amide bonds. The molecule has 0 spiro atoms. The number of amides is 1. The quantitative estimate of drug-likeness (QED) is 0.800. The highest BCUT2D eigenvalue weighted by Gasteiger charge is 2.34. The zero-order valence-electron chi connectivity index (χ0n) is 11.1. The summed E-state index contributed by atoms with van der Waals surface area (Å²) >= 11 is 0. The molecule has 1 rings (SSSR count). The molecule has 1 fully saturated rings. The van der Waals surface area contributed by atoms with Crippen LogP contribution in [0.15, 0.2) is 0 Å². The van der Waals surface area contributed by atoms with Gasteiger partial charge in [0, 0.05) is 18.6 Å². The molecule has 0 saturated heterocycles. The van der Waals surface area contributed by atoms with Gasteiger partial charge in [0.15, 0.2) is 0 Å². The molecule has 94 valence electrons. The summed E-state index contributed by atoms with van der Waals surface area (Å²) in [7, 11) is 0. The van der Waals surface area contributed by atoms with E-state index >= 15 is 0 Å². The molecule has 1 saturated carbocycles. The van der Waals surface area contributed by atoms with Gasteiger partial charge in [-0.3, -0.25) is 4.79 Å². The topological polar surface area (TPSA) is 46.3 Å². The van der Waals surface area contributed by atoms with Crippen LogP contribution in [0, 0.1) is 11.8 Å². The van der Waals surface area contributed by atoms with Crippen LogP contribution in [0.5, 0.6) is 0 Å². The molecule has 0 heterocycles. The second kappa shape index (κ2) is 5.67. The number of rotatable bonds is 3. The second-order valence-corrected chi connectivity index (χ2v) is 5.41. The van der Waals surface area contributed by atoms with E-state index in [0.29, 0.717) is 5.92 Å². The maximum Gasteiger partial charge on any atom is 0.227 e. The summed E-state index contributed by atoms with van der Waals surface area (Å²) < 4.78 is 0. The number of nitrogens with zero attached hydrogens (tertiary/aromatic N) is 1. The minimum atomic E-state index is 0.0473. The largest absolute Gasteiger partial charge is 0.340 e. The Kier molecular flexibility index (Phi) is 4.78. The molecule has 3 unspecified atom stereocenters. The average molecular weight is 226 g/mol. The summed E-state index contributed by atoms with van der Waals surface area (Å²) in [5, 5.41) is 0. The van der Waals surface area contributed by atoms with Crippen LogP contribution in [0.3, 0.4) is 0 Å². The van der Waals surface area contributed by atoms with E-state index in [1.807, 2.05) is 11.8 Å². The van der Waals surface area contributed by atoms with Crippen molar-refractivity contribution in [2.45, 2.75) is 59.0 Å². The lowest BCUT2D eigenvalue weighted by atomic mass is 9.78. The van der Waals surface area contributed by atoms with E-state index in [-0.39, 0.29) is 23.9 Å². The molecular weight excluding hydrogens is 200 g/mol. The first kappa shape index (κ1) is 13.5. The van der Waals surface area contributed by atoms with E-state index < -0.39 is 0 Å². The maximum atomic E-state index is 12.4. The molecule has 0 aromatic carbocycles. The van der Waals surface area contributed by atoms with E-state index in [1.54, 1.807) is 0 Å². The van der Waals surface area contributed by atoms with Gasteiger partial charge in [-0.05, 0) is 46.0 Å². The fraction of sp³-hybridized carbons (Fsp3) is 0.923. The first-order chi connectivity index (χ1) is 7.47. The van der Waals surface area contributed by atoms with Gasteiger partial charge in [0.1, 0.15) is 0 Å². The Morgan fingerprint density at radius 3 is 2.56 bits per heavy atom. The molecule has 3 heteroatoms. The Labute approximate surface area is 99.4 Å². The van der Waals surface area contributed by atoms with Gasteiger partial charge in [-0.1, -0.05) is 6.92 Å². The van der Waals surface area contributed by atoms with Crippen molar-refractivity contribution in [1.82, 2.24) is 4.90 Å². The Morgan fingerprint density at radius 2 is 2.06 bits per heavy atom. The third-order valence-electron chi connectivity index (χ3n) is 3.73. The number of carbonyl (C=O) groups is 1. The summed E-state index contributed by atoms with van der Waals surface area (Å²) in [4.78, 5) is 14.3. The van der Waals surface area contributed by atoms with Crippen molar-refractivity contribution in [2.24, 2.45) is 17.6 Å². The predicted octanol–water partition coefficient (Wildman–Crippen LogP) is 2.01. The van der Waals surface area contributed by atoms with Crippen LogP contribution in [0.25, 0.3) is 0 Å². The van der Waals surface area contributed by atoms with Gasteiger partial charge in [0.25, 0.3) is 0 Å². The minimum Gasteiger partial charge on any atom is -0.340 e. The number of carbonyl (C=O) groups excluding carboxylic acids is 1. The molecule has 0 bridgehead atoms. The van der Waals surface area contributed by atoms with Crippen LogP contribution in [-0.2, 0) is 4.79 Å².